The molecule has 0 saturated carbocycles. The zero-order valence-corrected chi connectivity index (χ0v) is 14.1. The first-order valence-corrected chi connectivity index (χ1v) is 8.46. The number of thiophene rings is 1. The fourth-order valence-electron chi connectivity index (χ4n) is 2.27. The van der Waals surface area contributed by atoms with Crippen molar-refractivity contribution in [3.8, 4) is 0 Å². The summed E-state index contributed by atoms with van der Waals surface area (Å²) in [5, 5.41) is 7.02. The quantitative estimate of drug-likeness (QED) is 0.723. The summed E-state index contributed by atoms with van der Waals surface area (Å²) < 4.78 is 0. The second-order valence-electron chi connectivity index (χ2n) is 4.89. The van der Waals surface area contributed by atoms with Crippen LogP contribution in [0.25, 0.3) is 0 Å². The maximum Gasteiger partial charge on any atom is 0.0595 e. The number of hydrogen-bond donors (Lipinski definition) is 1. The molecule has 2 rings (SSSR count). The molecule has 1 aromatic heterocycles. The molecule has 0 amide bonds. The Morgan fingerprint density at radius 1 is 1.20 bits per heavy atom. The van der Waals surface area contributed by atoms with Crippen molar-refractivity contribution in [2.75, 3.05) is 6.54 Å². The van der Waals surface area contributed by atoms with E-state index in [1.54, 1.807) is 11.3 Å². The second kappa shape index (κ2) is 7.46. The Bertz CT molecular complexity index is 565. The highest BCUT2D eigenvalue weighted by Crippen LogP contribution is 2.28. The van der Waals surface area contributed by atoms with Gasteiger partial charge in [0, 0.05) is 10.9 Å². The molecule has 1 atom stereocenters. The van der Waals surface area contributed by atoms with E-state index >= 15 is 0 Å². The minimum Gasteiger partial charge on any atom is -0.310 e. The second-order valence-corrected chi connectivity index (χ2v) is 6.83. The van der Waals surface area contributed by atoms with Crippen LogP contribution in [0.5, 0.6) is 0 Å². The fraction of sp³-hybridized carbons (Fsp3) is 0.375. The third-order valence-electron chi connectivity index (χ3n) is 3.34. The highest BCUT2D eigenvalue weighted by molar-refractivity contribution is 7.10. The lowest BCUT2D eigenvalue weighted by atomic mass is 9.99. The Morgan fingerprint density at radius 2 is 2.00 bits per heavy atom. The molecule has 1 unspecified atom stereocenters. The van der Waals surface area contributed by atoms with Crippen molar-refractivity contribution < 1.29 is 0 Å². The molecule has 0 fully saturated rings. The average Bonchev–Trinajstić information content (AvgIpc) is 2.85. The molecule has 20 heavy (non-hydrogen) atoms. The lowest BCUT2D eigenvalue weighted by Crippen LogP contribution is -2.24. The first-order chi connectivity index (χ1) is 9.61. The van der Waals surface area contributed by atoms with Crippen molar-refractivity contribution in [2.24, 2.45) is 0 Å². The molecule has 1 N–H and O–H groups in total. The lowest BCUT2D eigenvalue weighted by molar-refractivity contribution is 0.529. The third-order valence-corrected chi connectivity index (χ3v) is 4.94. The zero-order chi connectivity index (χ0) is 14.5. The lowest BCUT2D eigenvalue weighted by Gasteiger charge is -2.19. The van der Waals surface area contributed by atoms with Gasteiger partial charge in [-0.3, -0.25) is 0 Å². The maximum absolute atomic E-state index is 6.11. The molecule has 4 heteroatoms. The summed E-state index contributed by atoms with van der Waals surface area (Å²) >= 11 is 13.9. The highest BCUT2D eigenvalue weighted by atomic mass is 35.5. The molecule has 1 aromatic carbocycles. The molecule has 0 aliphatic heterocycles. The van der Waals surface area contributed by atoms with E-state index in [4.69, 9.17) is 23.2 Å². The SMILES string of the molecule is CCCNC(Cc1ccc(Cl)c(Cl)c1)c1ccsc1C. The van der Waals surface area contributed by atoms with E-state index in [0.29, 0.717) is 16.1 Å². The van der Waals surface area contributed by atoms with E-state index in [-0.39, 0.29) is 0 Å². The Labute approximate surface area is 134 Å². The first-order valence-electron chi connectivity index (χ1n) is 6.83. The molecular formula is C16H19Cl2NS. The van der Waals surface area contributed by atoms with Crippen LogP contribution in [0.1, 0.15) is 35.4 Å². The molecule has 0 saturated heterocycles. The van der Waals surface area contributed by atoms with Gasteiger partial charge in [-0.25, -0.2) is 0 Å². The van der Waals surface area contributed by atoms with Gasteiger partial charge in [-0.05, 0) is 61.0 Å². The molecule has 0 aliphatic carbocycles. The third kappa shape index (κ3) is 3.98. The van der Waals surface area contributed by atoms with Gasteiger partial charge in [0.2, 0.25) is 0 Å². The Morgan fingerprint density at radius 3 is 2.60 bits per heavy atom. The highest BCUT2D eigenvalue weighted by Gasteiger charge is 2.15. The Kier molecular flexibility index (Phi) is 5.91. The molecule has 1 nitrogen and oxygen atoms in total. The van der Waals surface area contributed by atoms with E-state index in [9.17, 15) is 0 Å². The Balaban J connectivity index is 2.19. The summed E-state index contributed by atoms with van der Waals surface area (Å²) in [6, 6.07) is 8.43. The van der Waals surface area contributed by atoms with Gasteiger partial charge < -0.3 is 5.32 Å². The number of hydrogen-bond acceptors (Lipinski definition) is 2. The van der Waals surface area contributed by atoms with Crippen molar-refractivity contribution >= 4 is 34.5 Å². The van der Waals surface area contributed by atoms with Crippen LogP contribution in [-0.2, 0) is 6.42 Å². The summed E-state index contributed by atoms with van der Waals surface area (Å²) in [7, 11) is 0. The van der Waals surface area contributed by atoms with Crippen molar-refractivity contribution in [3.63, 3.8) is 0 Å². The molecule has 108 valence electrons. The standard InChI is InChI=1S/C16H19Cl2NS/c1-3-7-19-16(13-6-8-20-11(13)2)10-12-4-5-14(17)15(18)9-12/h4-6,8-9,16,19H,3,7,10H2,1-2H3. The monoisotopic (exact) mass is 327 g/mol. The fourth-order valence-corrected chi connectivity index (χ4v) is 3.36. The van der Waals surface area contributed by atoms with Gasteiger partial charge in [-0.1, -0.05) is 36.2 Å². The average molecular weight is 328 g/mol. The normalized spacial score (nSPS) is 12.6. The predicted octanol–water partition coefficient (Wildman–Crippen LogP) is 5.65. The van der Waals surface area contributed by atoms with Crippen LogP contribution in [0.2, 0.25) is 10.0 Å². The minimum atomic E-state index is 0.332. The summed E-state index contributed by atoms with van der Waals surface area (Å²) in [6.45, 7) is 5.38. The van der Waals surface area contributed by atoms with Crippen LogP contribution in [0, 0.1) is 6.92 Å². The van der Waals surface area contributed by atoms with Gasteiger partial charge in [0.15, 0.2) is 0 Å². The van der Waals surface area contributed by atoms with Crippen LogP contribution in [0.3, 0.4) is 0 Å². The topological polar surface area (TPSA) is 12.0 Å². The van der Waals surface area contributed by atoms with Crippen molar-refractivity contribution in [2.45, 2.75) is 32.7 Å². The minimum absolute atomic E-state index is 0.332. The van der Waals surface area contributed by atoms with Crippen LogP contribution in [-0.4, -0.2) is 6.54 Å². The molecule has 0 bridgehead atoms. The van der Waals surface area contributed by atoms with E-state index in [1.807, 2.05) is 12.1 Å². The van der Waals surface area contributed by atoms with Gasteiger partial charge in [-0.15, -0.1) is 11.3 Å². The summed E-state index contributed by atoms with van der Waals surface area (Å²) in [5.41, 5.74) is 2.59. The van der Waals surface area contributed by atoms with E-state index in [1.165, 1.54) is 16.0 Å². The number of rotatable bonds is 6. The molecule has 1 heterocycles. The van der Waals surface area contributed by atoms with E-state index in [0.717, 1.165) is 19.4 Å². The number of aryl methyl sites for hydroxylation is 1. The van der Waals surface area contributed by atoms with Gasteiger partial charge in [0.25, 0.3) is 0 Å². The number of benzene rings is 1. The van der Waals surface area contributed by atoms with Gasteiger partial charge in [0.05, 0.1) is 10.0 Å². The van der Waals surface area contributed by atoms with Crippen LogP contribution < -0.4 is 5.32 Å². The summed E-state index contributed by atoms with van der Waals surface area (Å²) in [6.07, 6.45) is 2.05. The molecular weight excluding hydrogens is 309 g/mol. The maximum atomic E-state index is 6.11. The first kappa shape index (κ1) is 15.8. The summed E-state index contributed by atoms with van der Waals surface area (Å²) in [5.74, 6) is 0. The Hall–Kier alpha value is -0.540. The van der Waals surface area contributed by atoms with E-state index < -0.39 is 0 Å². The van der Waals surface area contributed by atoms with Crippen LogP contribution in [0.4, 0.5) is 0 Å². The molecule has 0 aliphatic rings. The predicted molar refractivity (Wildman–Crippen MR) is 90.3 cm³/mol. The number of halogens is 2. The smallest absolute Gasteiger partial charge is 0.0595 e. The van der Waals surface area contributed by atoms with Crippen LogP contribution >= 0.6 is 34.5 Å². The largest absolute Gasteiger partial charge is 0.310 e. The van der Waals surface area contributed by atoms with Gasteiger partial charge >= 0.3 is 0 Å². The van der Waals surface area contributed by atoms with Gasteiger partial charge in [0.1, 0.15) is 0 Å². The van der Waals surface area contributed by atoms with Crippen molar-refractivity contribution in [1.29, 1.82) is 0 Å². The van der Waals surface area contributed by atoms with Crippen molar-refractivity contribution in [1.82, 2.24) is 5.32 Å². The van der Waals surface area contributed by atoms with E-state index in [2.05, 4.69) is 36.7 Å². The summed E-state index contributed by atoms with van der Waals surface area (Å²) in [4.78, 5) is 1.37. The van der Waals surface area contributed by atoms with Gasteiger partial charge in [-0.2, -0.15) is 0 Å². The molecule has 2 aromatic rings. The molecule has 0 spiro atoms. The van der Waals surface area contributed by atoms with Crippen LogP contribution in [0.15, 0.2) is 29.6 Å². The number of nitrogens with one attached hydrogen (secondary N) is 1. The molecule has 0 radical (unpaired) electrons. The van der Waals surface area contributed by atoms with Crippen molar-refractivity contribution in [3.05, 3.63) is 55.7 Å². The zero-order valence-electron chi connectivity index (χ0n) is 11.7.